The lowest BCUT2D eigenvalue weighted by Gasteiger charge is -2.28. The summed E-state index contributed by atoms with van der Waals surface area (Å²) in [7, 11) is 0. The van der Waals surface area contributed by atoms with Gasteiger partial charge in [0.25, 0.3) is 0 Å². The van der Waals surface area contributed by atoms with E-state index in [9.17, 15) is 9.18 Å². The third-order valence-corrected chi connectivity index (χ3v) is 3.88. The first-order valence-corrected chi connectivity index (χ1v) is 7.02. The van der Waals surface area contributed by atoms with Crippen LogP contribution in [-0.2, 0) is 10.2 Å². The smallest absolute Gasteiger partial charge is 0.224 e. The fraction of sp³-hybridized carbons (Fsp3) is 0.533. The normalized spacial score (nSPS) is 14.0. The van der Waals surface area contributed by atoms with E-state index >= 15 is 0 Å². The van der Waals surface area contributed by atoms with Crippen LogP contribution < -0.4 is 11.1 Å². The van der Waals surface area contributed by atoms with Crippen molar-refractivity contribution in [1.29, 1.82) is 0 Å². The highest BCUT2D eigenvalue weighted by atomic mass is 35.5. The highest BCUT2D eigenvalue weighted by molar-refractivity contribution is 6.31. The highest BCUT2D eigenvalue weighted by Crippen LogP contribution is 2.30. The van der Waals surface area contributed by atoms with E-state index in [2.05, 4.69) is 5.32 Å². The number of carbonyl (C=O) groups excluding carboxylic acids is 1. The average Bonchev–Trinajstić information content (AvgIpc) is 2.34. The molecule has 1 aromatic carbocycles. The van der Waals surface area contributed by atoms with Crippen molar-refractivity contribution < 1.29 is 9.18 Å². The standard InChI is InChI=1S/C15H22ClFN2O.ClH/c1-9(10(2)18)14(20)19-8-15(3,4)12-6-5-11(17)7-13(12)16;/h5-7,9-10H,8,18H2,1-4H3,(H,19,20);1H. The predicted molar refractivity (Wildman–Crippen MR) is 87.5 cm³/mol. The third-order valence-electron chi connectivity index (χ3n) is 3.57. The topological polar surface area (TPSA) is 55.1 Å². The molecule has 1 amide bonds. The monoisotopic (exact) mass is 336 g/mol. The maximum atomic E-state index is 13.1. The van der Waals surface area contributed by atoms with Crippen molar-refractivity contribution in [3.8, 4) is 0 Å². The molecule has 0 aliphatic heterocycles. The zero-order valence-electron chi connectivity index (χ0n) is 12.7. The largest absolute Gasteiger partial charge is 0.355 e. The van der Waals surface area contributed by atoms with Crippen molar-refractivity contribution in [1.82, 2.24) is 5.32 Å². The van der Waals surface area contributed by atoms with Crippen LogP contribution in [0.2, 0.25) is 5.02 Å². The van der Waals surface area contributed by atoms with Crippen molar-refractivity contribution in [3.05, 3.63) is 34.6 Å². The molecule has 120 valence electrons. The van der Waals surface area contributed by atoms with Crippen LogP contribution in [0.3, 0.4) is 0 Å². The Bertz CT molecular complexity index is 493. The SMILES string of the molecule is CC(N)C(C)C(=O)NCC(C)(C)c1ccc(F)cc1Cl.Cl. The molecule has 0 radical (unpaired) electrons. The minimum Gasteiger partial charge on any atom is -0.355 e. The lowest BCUT2D eigenvalue weighted by Crippen LogP contribution is -2.43. The van der Waals surface area contributed by atoms with E-state index in [4.69, 9.17) is 17.3 Å². The summed E-state index contributed by atoms with van der Waals surface area (Å²) in [5, 5.41) is 3.24. The molecule has 0 heterocycles. The summed E-state index contributed by atoms with van der Waals surface area (Å²) in [6, 6.07) is 4.10. The molecule has 0 saturated heterocycles. The van der Waals surface area contributed by atoms with Crippen molar-refractivity contribution in [3.63, 3.8) is 0 Å². The van der Waals surface area contributed by atoms with Crippen LogP contribution in [-0.4, -0.2) is 18.5 Å². The second-order valence-electron chi connectivity index (χ2n) is 5.87. The average molecular weight is 337 g/mol. The van der Waals surface area contributed by atoms with E-state index < -0.39 is 5.41 Å². The van der Waals surface area contributed by atoms with E-state index in [-0.39, 0.29) is 36.1 Å². The van der Waals surface area contributed by atoms with Gasteiger partial charge in [-0.3, -0.25) is 4.79 Å². The Balaban J connectivity index is 0.00000400. The molecule has 2 atom stereocenters. The number of nitrogens with one attached hydrogen (secondary N) is 1. The summed E-state index contributed by atoms with van der Waals surface area (Å²) in [6.07, 6.45) is 0. The van der Waals surface area contributed by atoms with Gasteiger partial charge in [-0.25, -0.2) is 4.39 Å². The molecule has 6 heteroatoms. The molecule has 2 unspecified atom stereocenters. The molecule has 0 bridgehead atoms. The first-order chi connectivity index (χ1) is 9.15. The maximum absolute atomic E-state index is 13.1. The first-order valence-electron chi connectivity index (χ1n) is 6.64. The summed E-state index contributed by atoms with van der Waals surface area (Å²) < 4.78 is 13.1. The lowest BCUT2D eigenvalue weighted by atomic mass is 9.84. The minimum atomic E-state index is -0.391. The van der Waals surface area contributed by atoms with Gasteiger partial charge in [-0.1, -0.05) is 38.4 Å². The van der Waals surface area contributed by atoms with Gasteiger partial charge in [0, 0.05) is 28.9 Å². The second kappa shape index (κ2) is 7.97. The second-order valence-corrected chi connectivity index (χ2v) is 6.28. The van der Waals surface area contributed by atoms with Crippen LogP contribution in [0, 0.1) is 11.7 Å². The van der Waals surface area contributed by atoms with E-state index in [1.807, 2.05) is 13.8 Å². The van der Waals surface area contributed by atoms with E-state index in [0.717, 1.165) is 5.56 Å². The number of hydrogen-bond acceptors (Lipinski definition) is 2. The number of nitrogens with two attached hydrogens (primary N) is 1. The van der Waals surface area contributed by atoms with Gasteiger partial charge in [0.2, 0.25) is 5.91 Å². The molecular formula is C15H23Cl2FN2O. The lowest BCUT2D eigenvalue weighted by molar-refractivity contribution is -0.125. The molecular weight excluding hydrogens is 314 g/mol. The van der Waals surface area contributed by atoms with Crippen LogP contribution in [0.25, 0.3) is 0 Å². The van der Waals surface area contributed by atoms with Gasteiger partial charge < -0.3 is 11.1 Å². The summed E-state index contributed by atoms with van der Waals surface area (Å²) in [4.78, 5) is 11.9. The number of carbonyl (C=O) groups is 1. The zero-order valence-corrected chi connectivity index (χ0v) is 14.3. The quantitative estimate of drug-likeness (QED) is 0.866. The van der Waals surface area contributed by atoms with Crippen LogP contribution in [0.4, 0.5) is 4.39 Å². The Morgan fingerprint density at radius 2 is 2.00 bits per heavy atom. The third kappa shape index (κ3) is 5.46. The highest BCUT2D eigenvalue weighted by Gasteiger charge is 2.26. The number of rotatable bonds is 5. The number of halogens is 3. The van der Waals surface area contributed by atoms with Gasteiger partial charge in [-0.05, 0) is 24.6 Å². The molecule has 21 heavy (non-hydrogen) atoms. The van der Waals surface area contributed by atoms with Crippen molar-refractivity contribution in [2.75, 3.05) is 6.54 Å². The van der Waals surface area contributed by atoms with Gasteiger partial charge in [0.05, 0.1) is 0 Å². The minimum absolute atomic E-state index is 0. The molecule has 1 aromatic rings. The van der Waals surface area contributed by atoms with Gasteiger partial charge in [0.1, 0.15) is 5.82 Å². The Morgan fingerprint density at radius 1 is 1.43 bits per heavy atom. The van der Waals surface area contributed by atoms with Crippen LogP contribution >= 0.6 is 24.0 Å². The molecule has 3 nitrogen and oxygen atoms in total. The Labute approximate surface area is 136 Å². The van der Waals surface area contributed by atoms with E-state index in [0.29, 0.717) is 11.6 Å². The number of amides is 1. The molecule has 0 saturated carbocycles. The van der Waals surface area contributed by atoms with Gasteiger partial charge in [-0.2, -0.15) is 0 Å². The molecule has 0 spiro atoms. The fourth-order valence-corrected chi connectivity index (χ4v) is 2.26. The predicted octanol–water partition coefficient (Wildman–Crippen LogP) is 3.28. The van der Waals surface area contributed by atoms with E-state index in [1.165, 1.54) is 12.1 Å². The Kier molecular flexibility index (Phi) is 7.65. The molecule has 3 N–H and O–H groups in total. The summed E-state index contributed by atoms with van der Waals surface area (Å²) in [6.45, 7) is 7.89. The van der Waals surface area contributed by atoms with E-state index in [1.54, 1.807) is 19.9 Å². The van der Waals surface area contributed by atoms with Crippen LogP contribution in [0.15, 0.2) is 18.2 Å². The van der Waals surface area contributed by atoms with Crippen LogP contribution in [0.5, 0.6) is 0 Å². The van der Waals surface area contributed by atoms with Crippen molar-refractivity contribution in [2.45, 2.75) is 39.2 Å². The van der Waals surface area contributed by atoms with Gasteiger partial charge in [0.15, 0.2) is 0 Å². The molecule has 1 rings (SSSR count). The molecule has 0 aromatic heterocycles. The van der Waals surface area contributed by atoms with Gasteiger partial charge in [-0.15, -0.1) is 12.4 Å². The Hall–Kier alpha value is -0.840. The Morgan fingerprint density at radius 3 is 2.48 bits per heavy atom. The zero-order chi connectivity index (χ0) is 15.5. The summed E-state index contributed by atoms with van der Waals surface area (Å²) in [5.74, 6) is -0.718. The molecule has 0 aliphatic carbocycles. The molecule has 0 aliphatic rings. The fourth-order valence-electron chi connectivity index (χ4n) is 1.84. The van der Waals surface area contributed by atoms with Crippen molar-refractivity contribution >= 4 is 29.9 Å². The van der Waals surface area contributed by atoms with Crippen LogP contribution in [0.1, 0.15) is 33.3 Å². The van der Waals surface area contributed by atoms with Crippen molar-refractivity contribution in [2.24, 2.45) is 11.7 Å². The maximum Gasteiger partial charge on any atom is 0.224 e. The summed E-state index contributed by atoms with van der Waals surface area (Å²) >= 11 is 6.07. The summed E-state index contributed by atoms with van der Waals surface area (Å²) in [5.41, 5.74) is 6.11. The van der Waals surface area contributed by atoms with Gasteiger partial charge >= 0.3 is 0 Å². The number of benzene rings is 1. The first kappa shape index (κ1) is 20.2. The number of hydrogen-bond donors (Lipinski definition) is 2. The molecule has 0 fully saturated rings.